The van der Waals surface area contributed by atoms with E-state index < -0.39 is 40.3 Å². The van der Waals surface area contributed by atoms with Crippen LogP contribution in [-0.2, 0) is 9.53 Å². The number of hydrogen-bond acceptors (Lipinski definition) is 11. The van der Waals surface area contributed by atoms with Gasteiger partial charge < -0.3 is 23.7 Å². The van der Waals surface area contributed by atoms with Crippen LogP contribution >= 0.6 is 0 Å². The fourth-order valence-electron chi connectivity index (χ4n) is 2.24. The van der Waals surface area contributed by atoms with E-state index in [1.54, 1.807) is 6.92 Å². The number of hydrogen-bond donors (Lipinski definition) is 0. The van der Waals surface area contributed by atoms with Crippen molar-refractivity contribution in [3.8, 4) is 29.3 Å². The average molecular weight is 421 g/mol. The van der Waals surface area contributed by atoms with Crippen LogP contribution in [0.2, 0.25) is 0 Å². The van der Waals surface area contributed by atoms with Crippen LogP contribution in [0.3, 0.4) is 0 Å². The monoisotopic (exact) mass is 421 g/mol. The molecule has 1 heterocycles. The number of carbonyl (C=O) groups is 2. The molecular weight excluding hydrogens is 402 g/mol. The van der Waals surface area contributed by atoms with Crippen LogP contribution in [0.5, 0.6) is 29.3 Å². The first-order valence-corrected chi connectivity index (χ1v) is 8.56. The number of nitrogens with zero attached hydrogens (tertiary/aromatic N) is 3. The zero-order chi connectivity index (χ0) is 22.3. The van der Waals surface area contributed by atoms with Crippen molar-refractivity contribution < 1.29 is 38.2 Å². The second-order valence-corrected chi connectivity index (χ2v) is 5.59. The number of ether oxygens (including phenoxy) is 5. The second-order valence-electron chi connectivity index (χ2n) is 5.59. The molecule has 0 unspecified atom stereocenters. The van der Waals surface area contributed by atoms with Crippen molar-refractivity contribution in [2.45, 2.75) is 13.8 Å². The summed E-state index contributed by atoms with van der Waals surface area (Å²) in [6.07, 6.45) is 0. The minimum Gasteiger partial charge on any atom is -0.481 e. The van der Waals surface area contributed by atoms with Gasteiger partial charge in [-0.2, -0.15) is 9.97 Å². The third-order valence-corrected chi connectivity index (χ3v) is 3.47. The van der Waals surface area contributed by atoms with Gasteiger partial charge in [0.25, 0.3) is 0 Å². The number of nitro groups is 1. The van der Waals surface area contributed by atoms with Gasteiger partial charge >= 0.3 is 17.7 Å². The normalized spacial score (nSPS) is 10.1. The number of carbonyl (C=O) groups excluding carboxylic acids is 2. The van der Waals surface area contributed by atoms with E-state index in [9.17, 15) is 19.7 Å². The van der Waals surface area contributed by atoms with Gasteiger partial charge in [-0.25, -0.2) is 4.79 Å². The number of Topliss-reactive ketones (excluding diaryl/α,β-unsaturated/α-hetero) is 1. The molecule has 0 atom stereocenters. The number of rotatable bonds is 10. The molecule has 2 rings (SSSR count). The van der Waals surface area contributed by atoms with Crippen molar-refractivity contribution in [1.82, 2.24) is 9.97 Å². The van der Waals surface area contributed by atoms with E-state index in [0.717, 1.165) is 6.07 Å². The molecule has 0 saturated heterocycles. The summed E-state index contributed by atoms with van der Waals surface area (Å²) < 4.78 is 25.9. The van der Waals surface area contributed by atoms with Gasteiger partial charge in [-0.1, -0.05) is 0 Å². The zero-order valence-electron chi connectivity index (χ0n) is 16.7. The van der Waals surface area contributed by atoms with Crippen LogP contribution in [0, 0.1) is 10.1 Å². The first-order valence-electron chi connectivity index (χ1n) is 8.56. The predicted molar refractivity (Wildman–Crippen MR) is 100 cm³/mol. The zero-order valence-corrected chi connectivity index (χ0v) is 16.7. The summed E-state index contributed by atoms with van der Waals surface area (Å²) in [5, 5.41) is 11.4. The Hall–Kier alpha value is -3.96. The lowest BCUT2D eigenvalue weighted by Crippen LogP contribution is -2.14. The smallest absolute Gasteiger partial charge is 0.346 e. The Labute approximate surface area is 170 Å². The summed E-state index contributed by atoms with van der Waals surface area (Å²) in [4.78, 5) is 42.5. The third kappa shape index (κ3) is 5.31. The van der Waals surface area contributed by atoms with Crippen molar-refractivity contribution in [2.75, 3.05) is 27.4 Å². The molecule has 0 aliphatic rings. The SMILES string of the molecule is CCOC(=O)c1c(Oc2nc(OC)cc(OC)n2)ccc([N+](=O)[O-])c1OCC(C)=O. The van der Waals surface area contributed by atoms with E-state index >= 15 is 0 Å². The molecule has 0 aliphatic heterocycles. The molecule has 0 bridgehead atoms. The van der Waals surface area contributed by atoms with Crippen molar-refractivity contribution in [3.63, 3.8) is 0 Å². The molecule has 1 aromatic carbocycles. The summed E-state index contributed by atoms with van der Waals surface area (Å²) in [5.74, 6) is -1.79. The maximum Gasteiger partial charge on any atom is 0.346 e. The van der Waals surface area contributed by atoms with Crippen molar-refractivity contribution >= 4 is 17.4 Å². The predicted octanol–water partition coefficient (Wildman–Crippen LogP) is 2.34. The fourth-order valence-corrected chi connectivity index (χ4v) is 2.24. The Morgan fingerprint density at radius 2 is 1.77 bits per heavy atom. The lowest BCUT2D eigenvalue weighted by Gasteiger charge is -2.14. The summed E-state index contributed by atoms with van der Waals surface area (Å²) >= 11 is 0. The molecule has 0 N–H and O–H groups in total. The summed E-state index contributed by atoms with van der Waals surface area (Å²) in [7, 11) is 2.74. The maximum absolute atomic E-state index is 12.6. The Morgan fingerprint density at radius 3 is 2.27 bits per heavy atom. The van der Waals surface area contributed by atoms with Crippen molar-refractivity contribution in [1.29, 1.82) is 0 Å². The topological polar surface area (TPSA) is 149 Å². The van der Waals surface area contributed by atoms with Crippen molar-refractivity contribution in [3.05, 3.63) is 33.9 Å². The molecule has 1 aromatic heterocycles. The van der Waals surface area contributed by atoms with Gasteiger partial charge in [0, 0.05) is 6.07 Å². The fraction of sp³-hybridized carbons (Fsp3) is 0.333. The van der Waals surface area contributed by atoms with Gasteiger partial charge in [0.05, 0.1) is 31.8 Å². The summed E-state index contributed by atoms with van der Waals surface area (Å²) in [6, 6.07) is 3.37. The van der Waals surface area contributed by atoms with Gasteiger partial charge in [-0.15, -0.1) is 0 Å². The minimum absolute atomic E-state index is 0.0173. The number of ketones is 1. The highest BCUT2D eigenvalue weighted by atomic mass is 16.6. The first kappa shape index (κ1) is 22.3. The highest BCUT2D eigenvalue weighted by Gasteiger charge is 2.30. The van der Waals surface area contributed by atoms with Crippen LogP contribution in [0.1, 0.15) is 24.2 Å². The Kier molecular flexibility index (Phi) is 7.44. The maximum atomic E-state index is 12.6. The van der Waals surface area contributed by atoms with Crippen LogP contribution in [0.25, 0.3) is 0 Å². The minimum atomic E-state index is -0.954. The lowest BCUT2D eigenvalue weighted by atomic mass is 10.1. The largest absolute Gasteiger partial charge is 0.481 e. The summed E-state index contributed by atoms with van der Waals surface area (Å²) in [5.41, 5.74) is -0.937. The first-order chi connectivity index (χ1) is 14.3. The second kappa shape index (κ2) is 10.0. The van der Waals surface area contributed by atoms with Crippen LogP contribution in [-0.4, -0.2) is 54.1 Å². The quantitative estimate of drug-likeness (QED) is 0.316. The molecule has 30 heavy (non-hydrogen) atoms. The van der Waals surface area contributed by atoms with Gasteiger partial charge in [-0.3, -0.25) is 14.9 Å². The number of esters is 1. The lowest BCUT2D eigenvalue weighted by molar-refractivity contribution is -0.385. The van der Waals surface area contributed by atoms with E-state index in [4.69, 9.17) is 23.7 Å². The highest BCUT2D eigenvalue weighted by Crippen LogP contribution is 2.39. The van der Waals surface area contributed by atoms with Crippen molar-refractivity contribution in [2.24, 2.45) is 0 Å². The Morgan fingerprint density at radius 1 is 1.13 bits per heavy atom. The van der Waals surface area contributed by atoms with Gasteiger partial charge in [0.2, 0.25) is 17.5 Å². The molecule has 0 fully saturated rings. The molecule has 160 valence electrons. The highest BCUT2D eigenvalue weighted by molar-refractivity contribution is 5.97. The molecule has 0 saturated carbocycles. The summed E-state index contributed by atoms with van der Waals surface area (Å²) in [6.45, 7) is 2.27. The number of nitro benzene ring substituents is 1. The van der Waals surface area contributed by atoms with E-state index in [0.29, 0.717) is 0 Å². The van der Waals surface area contributed by atoms with E-state index in [1.807, 2.05) is 0 Å². The van der Waals surface area contributed by atoms with Crippen LogP contribution < -0.4 is 18.9 Å². The van der Waals surface area contributed by atoms with Crippen LogP contribution in [0.15, 0.2) is 18.2 Å². The molecule has 0 amide bonds. The number of benzene rings is 1. The third-order valence-electron chi connectivity index (χ3n) is 3.47. The molecule has 0 radical (unpaired) electrons. The Balaban J connectivity index is 2.63. The van der Waals surface area contributed by atoms with Crippen LogP contribution in [0.4, 0.5) is 5.69 Å². The number of aromatic nitrogens is 2. The molecule has 0 spiro atoms. The molecule has 2 aromatic rings. The average Bonchev–Trinajstić information content (AvgIpc) is 2.71. The number of methoxy groups -OCH3 is 2. The van der Waals surface area contributed by atoms with E-state index in [1.165, 1.54) is 33.3 Å². The molecular formula is C18H19N3O9. The molecule has 12 heteroatoms. The van der Waals surface area contributed by atoms with E-state index in [2.05, 4.69) is 9.97 Å². The molecule has 12 nitrogen and oxygen atoms in total. The van der Waals surface area contributed by atoms with Gasteiger partial charge in [0.1, 0.15) is 12.4 Å². The van der Waals surface area contributed by atoms with Gasteiger partial charge in [-0.05, 0) is 19.9 Å². The molecule has 0 aliphatic carbocycles. The standard InChI is InChI=1S/C18H19N3O9/c1-5-28-17(23)15-12(30-18-19-13(26-3)8-14(20-18)27-4)7-6-11(21(24)25)16(15)29-9-10(2)22/h6-8H,5,9H2,1-4H3. The van der Waals surface area contributed by atoms with Gasteiger partial charge in [0.15, 0.2) is 11.3 Å². The van der Waals surface area contributed by atoms with E-state index in [-0.39, 0.29) is 30.1 Å². The Bertz CT molecular complexity index is 940.